The van der Waals surface area contributed by atoms with Crippen LogP contribution in [-0.2, 0) is 19.3 Å². The molecule has 5 rings (SSSR count). The highest BCUT2D eigenvalue weighted by Gasteiger charge is 2.59. The maximum atomic E-state index is 14.0. The number of ether oxygens (including phenoxy) is 1. The van der Waals surface area contributed by atoms with Crippen LogP contribution in [0.3, 0.4) is 0 Å². The van der Waals surface area contributed by atoms with Crippen LogP contribution in [0, 0.1) is 13.8 Å². The first-order valence-electron chi connectivity index (χ1n) is 12.7. The van der Waals surface area contributed by atoms with E-state index in [4.69, 9.17) is 19.2 Å². The smallest absolute Gasteiger partial charge is 0.319 e. The third kappa shape index (κ3) is 4.62. The third-order valence-corrected chi connectivity index (χ3v) is 9.80. The monoisotopic (exact) mass is 540 g/mol. The van der Waals surface area contributed by atoms with Crippen LogP contribution in [0.1, 0.15) is 43.8 Å². The van der Waals surface area contributed by atoms with Crippen LogP contribution in [0.25, 0.3) is 11.4 Å². The molecule has 0 bridgehead atoms. The van der Waals surface area contributed by atoms with Gasteiger partial charge < -0.3 is 24.8 Å². The summed E-state index contributed by atoms with van der Waals surface area (Å²) in [5.41, 5.74) is 2.14. The molecule has 1 aliphatic heterocycles. The Hall–Kier alpha value is -3.51. The average Bonchev–Trinajstić information content (AvgIpc) is 3.64. The first-order chi connectivity index (χ1) is 18.2. The molecule has 11 nitrogen and oxygen atoms in total. The number of hydrogen-bond donors (Lipinski definition) is 2. The van der Waals surface area contributed by atoms with Crippen LogP contribution < -0.4 is 15.5 Å². The summed E-state index contributed by atoms with van der Waals surface area (Å²) < 4.78 is 37.6. The topological polar surface area (TPSA) is 140 Å². The van der Waals surface area contributed by atoms with Crippen molar-refractivity contribution >= 4 is 27.4 Å². The maximum absolute atomic E-state index is 14.0. The second kappa shape index (κ2) is 9.99. The van der Waals surface area contributed by atoms with Crippen LogP contribution in [0.4, 0.5) is 16.3 Å². The van der Waals surface area contributed by atoms with Crippen molar-refractivity contribution in [2.75, 3.05) is 36.5 Å². The summed E-state index contributed by atoms with van der Waals surface area (Å²) >= 11 is 0. The second-order valence-corrected chi connectivity index (χ2v) is 12.0. The second-order valence-electron chi connectivity index (χ2n) is 9.77. The van der Waals surface area contributed by atoms with Gasteiger partial charge in [0, 0.05) is 30.4 Å². The molecule has 2 aliphatic rings. The van der Waals surface area contributed by atoms with Crippen molar-refractivity contribution in [1.82, 2.24) is 20.4 Å². The number of rotatable bonds is 7. The normalized spacial score (nSPS) is 18.7. The summed E-state index contributed by atoms with van der Waals surface area (Å²) in [6.45, 7) is 9.42. The number of aromatic nitrogens is 3. The van der Waals surface area contributed by atoms with E-state index in [1.807, 2.05) is 19.1 Å². The molecule has 2 fully saturated rings. The van der Waals surface area contributed by atoms with Gasteiger partial charge >= 0.3 is 6.03 Å². The van der Waals surface area contributed by atoms with E-state index >= 15 is 0 Å². The highest BCUT2D eigenvalue weighted by molar-refractivity contribution is 7.92. The van der Waals surface area contributed by atoms with Crippen LogP contribution in [-0.4, -0.2) is 61.9 Å². The van der Waals surface area contributed by atoms with E-state index in [1.165, 1.54) is 0 Å². The van der Waals surface area contributed by atoms with E-state index < -0.39 is 14.6 Å². The van der Waals surface area contributed by atoms with Gasteiger partial charge in [0.1, 0.15) is 15.5 Å². The largest absolute Gasteiger partial charge is 0.377 e. The van der Waals surface area contributed by atoms with E-state index in [1.54, 1.807) is 32.0 Å². The summed E-state index contributed by atoms with van der Waals surface area (Å²) in [7, 11) is -3.83. The highest BCUT2D eigenvalue weighted by Crippen LogP contribution is 2.56. The van der Waals surface area contributed by atoms with Gasteiger partial charge in [-0.3, -0.25) is 0 Å². The van der Waals surface area contributed by atoms with Gasteiger partial charge in [-0.15, -0.1) is 0 Å². The number of amides is 2. The number of carbonyl (C=O) groups excluding carboxylic acids is 1. The first kappa shape index (κ1) is 26.1. The van der Waals surface area contributed by atoms with Crippen molar-refractivity contribution in [2.24, 2.45) is 0 Å². The lowest BCUT2D eigenvalue weighted by Gasteiger charge is -2.34. The lowest BCUT2D eigenvalue weighted by Crippen LogP contribution is -2.44. The lowest BCUT2D eigenvalue weighted by atomic mass is 10.1. The van der Waals surface area contributed by atoms with Crippen molar-refractivity contribution in [1.29, 1.82) is 0 Å². The molecule has 0 unspecified atom stereocenters. The quantitative estimate of drug-likeness (QED) is 0.460. The number of aryl methyl sites for hydroxylation is 2. The molecule has 1 aliphatic carbocycles. The third-order valence-electron chi connectivity index (χ3n) is 7.03. The number of benzene rings is 1. The minimum absolute atomic E-state index is 0.0670. The van der Waals surface area contributed by atoms with Gasteiger partial charge in [0.2, 0.25) is 0 Å². The Morgan fingerprint density at radius 1 is 1.18 bits per heavy atom. The SMILES string of the molecule is CCNC(=O)Nc1ccc(-c2nc(N3CCOC[C@@H]3C)cc(C3(S(=O)(=O)c4c(C)noc4C)CC3)n2)cc1. The summed E-state index contributed by atoms with van der Waals surface area (Å²) in [5, 5.41) is 9.35. The number of carbonyl (C=O) groups is 1. The van der Waals surface area contributed by atoms with Gasteiger partial charge in [0.05, 0.1) is 30.6 Å². The predicted octanol–water partition coefficient (Wildman–Crippen LogP) is 3.58. The van der Waals surface area contributed by atoms with Gasteiger partial charge in [-0.1, -0.05) is 5.16 Å². The molecule has 1 aromatic carbocycles. The van der Waals surface area contributed by atoms with Crippen molar-refractivity contribution in [3.05, 3.63) is 47.5 Å². The van der Waals surface area contributed by atoms with Crippen molar-refractivity contribution in [3.63, 3.8) is 0 Å². The maximum Gasteiger partial charge on any atom is 0.319 e. The zero-order valence-electron chi connectivity index (χ0n) is 21.9. The summed E-state index contributed by atoms with van der Waals surface area (Å²) in [4.78, 5) is 23.8. The fourth-order valence-electron chi connectivity index (χ4n) is 4.88. The number of anilines is 2. The molecule has 2 amide bonds. The number of nitrogens with one attached hydrogen (secondary N) is 2. The van der Waals surface area contributed by atoms with E-state index in [-0.39, 0.29) is 22.7 Å². The fraction of sp³-hybridized carbons (Fsp3) is 0.462. The Kier molecular flexibility index (Phi) is 6.86. The molecule has 1 atom stereocenters. The number of nitrogens with zero attached hydrogens (tertiary/aromatic N) is 4. The zero-order valence-corrected chi connectivity index (χ0v) is 22.8. The summed E-state index contributed by atoms with van der Waals surface area (Å²) in [6.07, 6.45) is 0.896. The zero-order chi connectivity index (χ0) is 27.1. The average molecular weight is 541 g/mol. The molecule has 3 heterocycles. The Morgan fingerprint density at radius 3 is 2.53 bits per heavy atom. The Bertz CT molecular complexity index is 1430. The first-order valence-corrected chi connectivity index (χ1v) is 14.2. The van der Waals surface area contributed by atoms with Crippen molar-refractivity contribution < 1.29 is 22.5 Å². The molecule has 0 spiro atoms. The van der Waals surface area contributed by atoms with Gasteiger partial charge in [-0.25, -0.2) is 23.2 Å². The van der Waals surface area contributed by atoms with Crippen LogP contribution in [0.15, 0.2) is 39.8 Å². The van der Waals surface area contributed by atoms with Gasteiger partial charge in [0.25, 0.3) is 0 Å². The van der Waals surface area contributed by atoms with Gasteiger partial charge in [0.15, 0.2) is 21.4 Å². The Morgan fingerprint density at radius 2 is 1.92 bits per heavy atom. The number of hydrogen-bond acceptors (Lipinski definition) is 9. The molecule has 2 N–H and O–H groups in total. The van der Waals surface area contributed by atoms with Crippen LogP contribution in [0.5, 0.6) is 0 Å². The molecular formula is C26H32N6O5S. The molecule has 2 aromatic heterocycles. The molecule has 3 aromatic rings. The molecule has 0 radical (unpaired) electrons. The molecule has 38 heavy (non-hydrogen) atoms. The van der Waals surface area contributed by atoms with Crippen LogP contribution in [0.2, 0.25) is 0 Å². The summed E-state index contributed by atoms with van der Waals surface area (Å²) in [6, 6.07) is 8.75. The van der Waals surface area contributed by atoms with E-state index in [0.717, 1.165) is 0 Å². The van der Waals surface area contributed by atoms with Gasteiger partial charge in [-0.2, -0.15) is 0 Å². The standard InChI is InChI=1S/C26H32N6O5S/c1-5-27-25(33)28-20-8-6-19(7-9-20)24-29-21(14-22(30-24)32-12-13-36-15-16(32)2)26(10-11-26)38(34,35)23-17(3)31-37-18(23)4/h6-9,14,16H,5,10-13,15H2,1-4H3,(H2,27,28,33)/t16-/m0/s1. The molecule has 12 heteroatoms. The number of sulfone groups is 1. The number of morpholine rings is 1. The van der Waals surface area contributed by atoms with Gasteiger partial charge in [-0.05, 0) is 64.8 Å². The summed E-state index contributed by atoms with van der Waals surface area (Å²) in [5.74, 6) is 1.35. The minimum atomic E-state index is -3.83. The lowest BCUT2D eigenvalue weighted by molar-refractivity contribution is 0.0985. The molecular weight excluding hydrogens is 508 g/mol. The Labute approximate surface area is 221 Å². The van der Waals surface area contributed by atoms with E-state index in [0.29, 0.717) is 73.4 Å². The molecule has 202 valence electrons. The molecule has 1 saturated carbocycles. The van der Waals surface area contributed by atoms with E-state index in [2.05, 4.69) is 27.6 Å². The predicted molar refractivity (Wildman–Crippen MR) is 142 cm³/mol. The van der Waals surface area contributed by atoms with Crippen LogP contribution >= 0.6 is 0 Å². The highest BCUT2D eigenvalue weighted by atomic mass is 32.2. The minimum Gasteiger partial charge on any atom is -0.377 e. The van der Waals surface area contributed by atoms with E-state index in [9.17, 15) is 13.2 Å². The fourth-order valence-corrected chi connectivity index (χ4v) is 7.13. The number of urea groups is 1. The Balaban J connectivity index is 1.58. The van der Waals surface area contributed by atoms with Crippen molar-refractivity contribution in [3.8, 4) is 11.4 Å². The van der Waals surface area contributed by atoms with Crippen molar-refractivity contribution in [2.45, 2.75) is 56.2 Å². The molecule has 1 saturated heterocycles.